The van der Waals surface area contributed by atoms with Crippen LogP contribution in [0.5, 0.6) is 0 Å². The summed E-state index contributed by atoms with van der Waals surface area (Å²) in [5.41, 5.74) is 1.79. The first kappa shape index (κ1) is 16.5. The van der Waals surface area contributed by atoms with Crippen molar-refractivity contribution in [3.05, 3.63) is 73.5 Å². The lowest BCUT2D eigenvalue weighted by Gasteiger charge is -2.12. The minimum Gasteiger partial charge on any atom is -0.268 e. The average Bonchev–Trinajstić information content (AvgIpc) is 2.79. The highest BCUT2D eigenvalue weighted by atomic mass is 79.9. The maximum absolute atomic E-state index is 12.5. The third-order valence-electron chi connectivity index (χ3n) is 3.32. The highest BCUT2D eigenvalue weighted by Crippen LogP contribution is 2.34. The maximum atomic E-state index is 12.5. The summed E-state index contributed by atoms with van der Waals surface area (Å²) in [7, 11) is 0. The molecule has 0 saturated carbocycles. The van der Waals surface area contributed by atoms with E-state index >= 15 is 0 Å². The van der Waals surface area contributed by atoms with Crippen molar-refractivity contribution in [2.45, 2.75) is 6.54 Å². The average molecular weight is 453 g/mol. The molecule has 1 heterocycles. The fourth-order valence-corrected chi connectivity index (χ4v) is 3.63. The van der Waals surface area contributed by atoms with Gasteiger partial charge in [0.15, 0.2) is 0 Å². The number of thioether (sulfide) groups is 1. The smallest absolute Gasteiger partial charge is 0.268 e. The van der Waals surface area contributed by atoms with Gasteiger partial charge in [0.2, 0.25) is 0 Å². The van der Waals surface area contributed by atoms with E-state index < -0.39 is 0 Å². The summed E-state index contributed by atoms with van der Waals surface area (Å²) in [6.45, 7) is 0.283. The number of halogens is 2. The molecule has 0 spiro atoms. The van der Waals surface area contributed by atoms with Gasteiger partial charge in [-0.2, -0.15) is 0 Å². The van der Waals surface area contributed by atoms with Gasteiger partial charge in [-0.15, -0.1) is 0 Å². The van der Waals surface area contributed by atoms with E-state index in [0.29, 0.717) is 4.91 Å². The SMILES string of the molecule is O=C1S/C(=C\c2ccccc2Br)C(=O)N1Cc1ccc(Br)cc1. The first-order valence-corrected chi connectivity index (χ1v) is 9.19. The zero-order valence-corrected chi connectivity index (χ0v) is 15.8. The molecule has 0 atom stereocenters. The van der Waals surface area contributed by atoms with E-state index in [-0.39, 0.29) is 17.7 Å². The van der Waals surface area contributed by atoms with Crippen LogP contribution in [0, 0.1) is 0 Å². The lowest BCUT2D eigenvalue weighted by atomic mass is 10.2. The van der Waals surface area contributed by atoms with Gasteiger partial charge in [0.25, 0.3) is 11.1 Å². The van der Waals surface area contributed by atoms with E-state index in [9.17, 15) is 9.59 Å². The summed E-state index contributed by atoms with van der Waals surface area (Å²) in [6.07, 6.45) is 1.75. The fraction of sp³-hybridized carbons (Fsp3) is 0.0588. The van der Waals surface area contributed by atoms with Crippen LogP contribution in [0.3, 0.4) is 0 Å². The number of benzene rings is 2. The van der Waals surface area contributed by atoms with E-state index in [4.69, 9.17) is 0 Å². The fourth-order valence-electron chi connectivity index (χ4n) is 2.14. The Morgan fingerprint density at radius 3 is 2.39 bits per heavy atom. The number of carbonyl (C=O) groups is 2. The van der Waals surface area contributed by atoms with Crippen molar-refractivity contribution in [1.29, 1.82) is 0 Å². The largest absolute Gasteiger partial charge is 0.293 e. The van der Waals surface area contributed by atoms with Crippen LogP contribution in [0.25, 0.3) is 6.08 Å². The Morgan fingerprint density at radius 2 is 1.70 bits per heavy atom. The molecule has 1 fully saturated rings. The Balaban J connectivity index is 1.82. The number of hydrogen-bond donors (Lipinski definition) is 0. The van der Waals surface area contributed by atoms with Gasteiger partial charge in [0.05, 0.1) is 11.4 Å². The Labute approximate surface area is 155 Å². The van der Waals surface area contributed by atoms with Gasteiger partial charge in [-0.05, 0) is 47.2 Å². The van der Waals surface area contributed by atoms with Gasteiger partial charge < -0.3 is 0 Å². The van der Waals surface area contributed by atoms with Crippen LogP contribution in [0.1, 0.15) is 11.1 Å². The molecule has 3 nitrogen and oxygen atoms in total. The van der Waals surface area contributed by atoms with Crippen LogP contribution < -0.4 is 0 Å². The van der Waals surface area contributed by atoms with Gasteiger partial charge in [-0.25, -0.2) is 0 Å². The number of nitrogens with zero attached hydrogens (tertiary/aromatic N) is 1. The number of rotatable bonds is 3. The quantitative estimate of drug-likeness (QED) is 0.581. The number of hydrogen-bond acceptors (Lipinski definition) is 3. The van der Waals surface area contributed by atoms with Crippen LogP contribution >= 0.6 is 43.6 Å². The number of amides is 2. The molecule has 2 aromatic rings. The summed E-state index contributed by atoms with van der Waals surface area (Å²) < 4.78 is 1.85. The Kier molecular flexibility index (Phi) is 5.04. The van der Waals surface area contributed by atoms with Crippen molar-refractivity contribution >= 4 is 60.8 Å². The molecule has 0 bridgehead atoms. The van der Waals surface area contributed by atoms with E-state index in [2.05, 4.69) is 31.9 Å². The molecule has 0 N–H and O–H groups in total. The van der Waals surface area contributed by atoms with Crippen molar-refractivity contribution in [2.24, 2.45) is 0 Å². The molecule has 0 aromatic heterocycles. The molecule has 1 aliphatic rings. The normalized spacial score (nSPS) is 16.4. The van der Waals surface area contributed by atoms with Crippen molar-refractivity contribution in [1.82, 2.24) is 4.90 Å². The molecule has 6 heteroatoms. The molecule has 23 heavy (non-hydrogen) atoms. The Morgan fingerprint density at radius 1 is 1.00 bits per heavy atom. The lowest BCUT2D eigenvalue weighted by molar-refractivity contribution is -0.123. The van der Waals surface area contributed by atoms with Crippen molar-refractivity contribution in [3.8, 4) is 0 Å². The Bertz CT molecular complexity index is 802. The van der Waals surface area contributed by atoms with Gasteiger partial charge in [0, 0.05) is 8.95 Å². The molecule has 0 radical (unpaired) electrons. The predicted octanol–water partition coefficient (Wildman–Crippen LogP) is 5.45. The van der Waals surface area contributed by atoms with Gasteiger partial charge >= 0.3 is 0 Å². The van der Waals surface area contributed by atoms with Crippen LogP contribution in [-0.2, 0) is 11.3 Å². The van der Waals surface area contributed by atoms with Crippen LogP contribution in [0.4, 0.5) is 4.79 Å². The van der Waals surface area contributed by atoms with Crippen molar-refractivity contribution in [2.75, 3.05) is 0 Å². The molecule has 2 amide bonds. The van der Waals surface area contributed by atoms with Crippen LogP contribution in [0.15, 0.2) is 62.4 Å². The van der Waals surface area contributed by atoms with E-state index in [1.807, 2.05) is 48.5 Å². The topological polar surface area (TPSA) is 37.4 Å². The molecule has 1 aliphatic heterocycles. The van der Waals surface area contributed by atoms with Crippen LogP contribution in [-0.4, -0.2) is 16.0 Å². The highest BCUT2D eigenvalue weighted by molar-refractivity contribution is 9.10. The first-order valence-electron chi connectivity index (χ1n) is 6.79. The van der Waals surface area contributed by atoms with Crippen molar-refractivity contribution in [3.63, 3.8) is 0 Å². The monoisotopic (exact) mass is 451 g/mol. The third kappa shape index (κ3) is 3.76. The molecule has 1 saturated heterocycles. The minimum absolute atomic E-state index is 0.240. The van der Waals surface area contributed by atoms with E-state index in [1.165, 1.54) is 4.90 Å². The number of carbonyl (C=O) groups excluding carboxylic acids is 2. The second-order valence-electron chi connectivity index (χ2n) is 4.92. The van der Waals surface area contributed by atoms with Gasteiger partial charge in [-0.1, -0.05) is 62.2 Å². The second-order valence-corrected chi connectivity index (χ2v) is 7.68. The Hall–Kier alpha value is -1.37. The minimum atomic E-state index is -0.251. The summed E-state index contributed by atoms with van der Waals surface area (Å²) in [4.78, 5) is 26.4. The molecular formula is C17H11Br2NO2S. The molecule has 0 aliphatic carbocycles. The zero-order chi connectivity index (χ0) is 16.4. The van der Waals surface area contributed by atoms with Crippen LogP contribution in [0.2, 0.25) is 0 Å². The molecular weight excluding hydrogens is 442 g/mol. The molecule has 0 unspecified atom stereocenters. The number of imide groups is 1. The molecule has 2 aromatic carbocycles. The summed E-state index contributed by atoms with van der Waals surface area (Å²) in [5, 5.41) is -0.240. The van der Waals surface area contributed by atoms with E-state index in [1.54, 1.807) is 6.08 Å². The van der Waals surface area contributed by atoms with Crippen molar-refractivity contribution < 1.29 is 9.59 Å². The molecule has 3 rings (SSSR count). The third-order valence-corrected chi connectivity index (χ3v) is 5.48. The first-order chi connectivity index (χ1) is 11.0. The summed E-state index contributed by atoms with van der Waals surface area (Å²) in [5.74, 6) is -0.251. The summed E-state index contributed by atoms with van der Waals surface area (Å²) >= 11 is 7.79. The van der Waals surface area contributed by atoms with E-state index in [0.717, 1.165) is 31.8 Å². The standard InChI is InChI=1S/C17H11Br2NO2S/c18-13-7-5-11(6-8-13)10-20-16(21)15(23-17(20)22)9-12-3-1-2-4-14(12)19/h1-9H,10H2/b15-9-. The maximum Gasteiger partial charge on any atom is 0.293 e. The summed E-state index contributed by atoms with van der Waals surface area (Å²) in [6, 6.07) is 15.2. The predicted molar refractivity (Wildman–Crippen MR) is 99.8 cm³/mol. The second kappa shape index (κ2) is 7.03. The van der Waals surface area contributed by atoms with Gasteiger partial charge in [-0.3, -0.25) is 14.5 Å². The molecule has 116 valence electrons. The highest BCUT2D eigenvalue weighted by Gasteiger charge is 2.35. The van der Waals surface area contributed by atoms with Gasteiger partial charge in [0.1, 0.15) is 0 Å². The lowest BCUT2D eigenvalue weighted by Crippen LogP contribution is -2.27. The zero-order valence-electron chi connectivity index (χ0n) is 11.8.